The summed E-state index contributed by atoms with van der Waals surface area (Å²) >= 11 is 0. The highest BCUT2D eigenvalue weighted by Gasteiger charge is 2.37. The summed E-state index contributed by atoms with van der Waals surface area (Å²) in [6.07, 6.45) is 7.54. The van der Waals surface area contributed by atoms with Crippen molar-refractivity contribution in [2.24, 2.45) is 11.8 Å². The van der Waals surface area contributed by atoms with Gasteiger partial charge in [-0.3, -0.25) is 10.1 Å². The molecule has 1 fully saturated rings. The van der Waals surface area contributed by atoms with Gasteiger partial charge in [0.15, 0.2) is 0 Å². The first-order valence-corrected chi connectivity index (χ1v) is 8.74. The van der Waals surface area contributed by atoms with Crippen LogP contribution < -0.4 is 5.32 Å². The van der Waals surface area contributed by atoms with Crippen molar-refractivity contribution in [2.75, 3.05) is 13.7 Å². The molecule has 1 aliphatic rings. The number of nitrogens with one attached hydrogen (secondary N) is 2. The third kappa shape index (κ3) is 5.08. The number of hydrogen-bond acceptors (Lipinski definition) is 4. The number of carbonyl (C=O) groups is 1. The Morgan fingerprint density at radius 1 is 1.48 bits per heavy atom. The molecule has 2 rings (SSSR count). The molecule has 1 aromatic rings. The topological polar surface area (TPSA) is 63.3 Å². The summed E-state index contributed by atoms with van der Waals surface area (Å²) in [6.45, 7) is 5.06. The summed E-state index contributed by atoms with van der Waals surface area (Å²) in [5.74, 6) is 0.548. The maximum atomic E-state index is 12.2. The quantitative estimate of drug-likeness (QED) is 0.569. The molecule has 2 N–H and O–H groups in total. The maximum absolute atomic E-state index is 12.2. The Hall–Kier alpha value is -1.33. The molecule has 23 heavy (non-hydrogen) atoms. The molecule has 0 radical (unpaired) electrons. The smallest absolute Gasteiger partial charge is 0.323 e. The second-order valence-corrected chi connectivity index (χ2v) is 6.60. The fourth-order valence-corrected chi connectivity index (χ4v) is 3.32. The second-order valence-electron chi connectivity index (χ2n) is 6.60. The molecule has 4 atom stereocenters. The summed E-state index contributed by atoms with van der Waals surface area (Å²) in [4.78, 5) is 15.3. The molecule has 0 unspecified atom stereocenters. The van der Waals surface area contributed by atoms with Crippen LogP contribution in [0, 0.1) is 11.8 Å². The predicted molar refractivity (Wildman–Crippen MR) is 89.8 cm³/mol. The largest absolute Gasteiger partial charge is 0.468 e. The minimum Gasteiger partial charge on any atom is -0.468 e. The third-order valence-corrected chi connectivity index (χ3v) is 4.64. The Bertz CT molecular complexity index is 461. The summed E-state index contributed by atoms with van der Waals surface area (Å²) in [7, 11) is 1.45. The van der Waals surface area contributed by atoms with Gasteiger partial charge in [-0.25, -0.2) is 0 Å². The Kier molecular flexibility index (Phi) is 7.12. The summed E-state index contributed by atoms with van der Waals surface area (Å²) in [5.41, 5.74) is 0.938. The van der Waals surface area contributed by atoms with Gasteiger partial charge in [-0.15, -0.1) is 0 Å². The van der Waals surface area contributed by atoms with E-state index in [2.05, 4.69) is 24.1 Å². The van der Waals surface area contributed by atoms with E-state index < -0.39 is 0 Å². The van der Waals surface area contributed by atoms with Crippen molar-refractivity contribution in [1.29, 1.82) is 0 Å². The first-order chi connectivity index (χ1) is 11.2. The minimum absolute atomic E-state index is 0.158. The van der Waals surface area contributed by atoms with Crippen LogP contribution in [0.2, 0.25) is 0 Å². The normalized spacial score (nSPS) is 26.0. The van der Waals surface area contributed by atoms with Crippen LogP contribution in [0.4, 0.5) is 0 Å². The molecular weight excluding hydrogens is 292 g/mol. The molecule has 0 aliphatic carbocycles. The number of esters is 1. The standard InChI is InChI=1S/C18H30N2O3/c1-4-5-6-8-13(2)11-14-12-23-17(15-9-7-10-19-15)20-16(14)18(21)22-3/h7,9-10,13-14,16-17,19-20H,4-6,8,11-12H2,1-3H3/t13-,14-,16+,17-/m1/s1. The third-order valence-electron chi connectivity index (χ3n) is 4.64. The number of aromatic nitrogens is 1. The minimum atomic E-state index is -0.310. The molecule has 130 valence electrons. The van der Waals surface area contributed by atoms with E-state index in [1.807, 2.05) is 18.3 Å². The number of ether oxygens (including phenoxy) is 2. The maximum Gasteiger partial charge on any atom is 0.323 e. The fraction of sp³-hybridized carbons (Fsp3) is 0.722. The first kappa shape index (κ1) is 18.0. The SMILES string of the molecule is CCCCC[C@@H](C)C[C@@H]1CO[C@H](c2ccc[nH]2)N[C@@H]1C(=O)OC. The van der Waals surface area contributed by atoms with Crippen molar-refractivity contribution in [3.8, 4) is 0 Å². The van der Waals surface area contributed by atoms with Gasteiger partial charge in [-0.05, 0) is 24.5 Å². The van der Waals surface area contributed by atoms with Crippen molar-refractivity contribution in [2.45, 2.75) is 58.2 Å². The lowest BCUT2D eigenvalue weighted by atomic mass is 9.86. The van der Waals surface area contributed by atoms with Gasteiger partial charge in [0, 0.05) is 12.1 Å². The van der Waals surface area contributed by atoms with E-state index in [4.69, 9.17) is 9.47 Å². The van der Waals surface area contributed by atoms with Crippen LogP contribution >= 0.6 is 0 Å². The van der Waals surface area contributed by atoms with Crippen LogP contribution in [0.15, 0.2) is 18.3 Å². The zero-order valence-electron chi connectivity index (χ0n) is 14.5. The molecule has 1 aromatic heterocycles. The number of rotatable bonds is 8. The lowest BCUT2D eigenvalue weighted by molar-refractivity contribution is -0.153. The van der Waals surface area contributed by atoms with Crippen molar-refractivity contribution in [3.63, 3.8) is 0 Å². The van der Waals surface area contributed by atoms with Crippen molar-refractivity contribution in [1.82, 2.24) is 10.3 Å². The first-order valence-electron chi connectivity index (χ1n) is 8.74. The lowest BCUT2D eigenvalue weighted by Crippen LogP contribution is -2.52. The number of H-pyrrole nitrogens is 1. The van der Waals surface area contributed by atoms with E-state index in [-0.39, 0.29) is 24.2 Å². The van der Waals surface area contributed by atoms with E-state index >= 15 is 0 Å². The second kappa shape index (κ2) is 9.08. The van der Waals surface area contributed by atoms with Gasteiger partial charge in [-0.1, -0.05) is 39.5 Å². The highest BCUT2D eigenvalue weighted by atomic mass is 16.5. The number of hydrogen-bond donors (Lipinski definition) is 2. The summed E-state index contributed by atoms with van der Waals surface area (Å²) < 4.78 is 10.9. The van der Waals surface area contributed by atoms with Gasteiger partial charge in [0.2, 0.25) is 0 Å². The molecule has 5 nitrogen and oxygen atoms in total. The predicted octanol–water partition coefficient (Wildman–Crippen LogP) is 3.40. The Balaban J connectivity index is 1.94. The van der Waals surface area contributed by atoms with Crippen LogP contribution in [0.3, 0.4) is 0 Å². The molecule has 0 spiro atoms. The van der Waals surface area contributed by atoms with E-state index in [9.17, 15) is 4.79 Å². The Labute approximate surface area is 139 Å². The summed E-state index contributed by atoms with van der Waals surface area (Å²) in [5, 5.41) is 3.30. The molecule has 1 aliphatic heterocycles. The number of unbranched alkanes of at least 4 members (excludes halogenated alkanes) is 2. The van der Waals surface area contributed by atoms with Gasteiger partial charge < -0.3 is 14.5 Å². The molecule has 0 saturated carbocycles. The highest BCUT2D eigenvalue weighted by Crippen LogP contribution is 2.28. The van der Waals surface area contributed by atoms with Crippen molar-refractivity contribution < 1.29 is 14.3 Å². The molecular formula is C18H30N2O3. The van der Waals surface area contributed by atoms with Crippen LogP contribution in [-0.2, 0) is 14.3 Å². The van der Waals surface area contributed by atoms with E-state index in [0.29, 0.717) is 12.5 Å². The van der Waals surface area contributed by atoms with E-state index in [1.54, 1.807) is 0 Å². The number of methoxy groups -OCH3 is 1. The Morgan fingerprint density at radius 3 is 2.96 bits per heavy atom. The van der Waals surface area contributed by atoms with Gasteiger partial charge in [-0.2, -0.15) is 0 Å². The molecule has 0 aromatic carbocycles. The van der Waals surface area contributed by atoms with Gasteiger partial charge >= 0.3 is 5.97 Å². The Morgan fingerprint density at radius 2 is 2.30 bits per heavy atom. The average molecular weight is 322 g/mol. The van der Waals surface area contributed by atoms with E-state index in [0.717, 1.165) is 12.1 Å². The van der Waals surface area contributed by atoms with Crippen LogP contribution in [0.5, 0.6) is 0 Å². The van der Waals surface area contributed by atoms with E-state index in [1.165, 1.54) is 32.8 Å². The van der Waals surface area contributed by atoms with Crippen LogP contribution in [0.1, 0.15) is 57.9 Å². The monoisotopic (exact) mass is 322 g/mol. The molecule has 0 bridgehead atoms. The highest BCUT2D eigenvalue weighted by molar-refractivity contribution is 5.76. The lowest BCUT2D eigenvalue weighted by Gasteiger charge is -2.36. The molecule has 5 heteroatoms. The van der Waals surface area contributed by atoms with Gasteiger partial charge in [0.25, 0.3) is 0 Å². The van der Waals surface area contributed by atoms with Crippen molar-refractivity contribution >= 4 is 5.97 Å². The van der Waals surface area contributed by atoms with Crippen LogP contribution in [0.25, 0.3) is 0 Å². The van der Waals surface area contributed by atoms with Crippen LogP contribution in [-0.4, -0.2) is 30.7 Å². The number of aromatic amines is 1. The zero-order chi connectivity index (χ0) is 16.7. The fourth-order valence-electron chi connectivity index (χ4n) is 3.32. The molecule has 1 saturated heterocycles. The zero-order valence-corrected chi connectivity index (χ0v) is 14.5. The molecule has 0 amide bonds. The van der Waals surface area contributed by atoms with Gasteiger partial charge in [0.1, 0.15) is 12.3 Å². The van der Waals surface area contributed by atoms with Crippen molar-refractivity contribution in [3.05, 3.63) is 24.0 Å². The average Bonchev–Trinajstić information content (AvgIpc) is 3.09. The summed E-state index contributed by atoms with van der Waals surface area (Å²) in [6, 6.07) is 3.57. The van der Waals surface area contributed by atoms with Gasteiger partial charge in [0.05, 0.1) is 19.4 Å². The number of carbonyl (C=O) groups excluding carboxylic acids is 1. The molecule has 2 heterocycles.